The topological polar surface area (TPSA) is 74.7 Å². The minimum atomic E-state index is -3.73. The van der Waals surface area contributed by atoms with E-state index in [4.69, 9.17) is 5.11 Å². The second-order valence-electron chi connectivity index (χ2n) is 6.16. The van der Waals surface area contributed by atoms with E-state index in [0.29, 0.717) is 11.3 Å². The van der Waals surface area contributed by atoms with Crippen LogP contribution in [0.1, 0.15) is 29.0 Å². The normalized spacial score (nSPS) is 16.9. The van der Waals surface area contributed by atoms with Crippen molar-refractivity contribution in [3.8, 4) is 0 Å². The van der Waals surface area contributed by atoms with Crippen LogP contribution in [0.5, 0.6) is 0 Å². The molecule has 0 fully saturated rings. The van der Waals surface area contributed by atoms with E-state index >= 15 is 0 Å². The van der Waals surface area contributed by atoms with Gasteiger partial charge in [0.1, 0.15) is 0 Å². The van der Waals surface area contributed by atoms with Gasteiger partial charge in [0.25, 0.3) is 10.0 Å². The highest BCUT2D eigenvalue weighted by Crippen LogP contribution is 2.41. The number of aryl methyl sites for hydroxylation is 2. The number of hydrogen-bond acceptors (Lipinski definition) is 3. The van der Waals surface area contributed by atoms with Crippen LogP contribution in [0, 0.1) is 13.8 Å². The fourth-order valence-corrected chi connectivity index (χ4v) is 5.02. The maximum absolute atomic E-state index is 13.1. The quantitative estimate of drug-likeness (QED) is 0.924. The van der Waals surface area contributed by atoms with Crippen molar-refractivity contribution >= 4 is 21.7 Å². The summed E-state index contributed by atoms with van der Waals surface area (Å²) in [6.45, 7) is 3.84. The standard InChI is InChI=1S/C18H19NO4S/c1-12-7-8-17(13(2)9-12)24(22,23)19-11-14(10-18(20)21)15-5-3-4-6-16(15)19/h3-9,14H,10-11H2,1-2H3,(H,20,21). The average molecular weight is 345 g/mol. The largest absolute Gasteiger partial charge is 0.481 e. The Morgan fingerprint density at radius 1 is 1.21 bits per heavy atom. The number of benzene rings is 2. The van der Waals surface area contributed by atoms with Crippen molar-refractivity contribution in [1.82, 2.24) is 0 Å². The second-order valence-corrected chi connectivity index (χ2v) is 7.99. The molecule has 0 radical (unpaired) electrons. The van der Waals surface area contributed by atoms with Crippen LogP contribution in [-0.2, 0) is 14.8 Å². The molecule has 1 N–H and O–H groups in total. The highest BCUT2D eigenvalue weighted by Gasteiger charge is 2.37. The summed E-state index contributed by atoms with van der Waals surface area (Å²) in [7, 11) is -3.73. The zero-order valence-electron chi connectivity index (χ0n) is 13.6. The first-order valence-electron chi connectivity index (χ1n) is 7.71. The molecule has 1 atom stereocenters. The van der Waals surface area contributed by atoms with Gasteiger partial charge < -0.3 is 5.11 Å². The van der Waals surface area contributed by atoms with Gasteiger partial charge in [-0.05, 0) is 37.1 Å². The number of fused-ring (bicyclic) bond motifs is 1. The summed E-state index contributed by atoms with van der Waals surface area (Å²) in [6.07, 6.45) is -0.0874. The Labute approximate surface area is 141 Å². The molecule has 0 bridgehead atoms. The monoisotopic (exact) mass is 345 g/mol. The van der Waals surface area contributed by atoms with Crippen LogP contribution < -0.4 is 4.31 Å². The first kappa shape index (κ1) is 16.5. The predicted molar refractivity (Wildman–Crippen MR) is 91.9 cm³/mol. The van der Waals surface area contributed by atoms with E-state index in [-0.39, 0.29) is 23.8 Å². The van der Waals surface area contributed by atoms with E-state index < -0.39 is 16.0 Å². The molecule has 6 heteroatoms. The molecule has 1 aliphatic rings. The number of carboxylic acid groups (broad SMARTS) is 1. The Bertz CT molecular complexity index is 905. The van der Waals surface area contributed by atoms with Gasteiger partial charge in [0.15, 0.2) is 0 Å². The molecule has 0 aromatic heterocycles. The van der Waals surface area contributed by atoms with E-state index in [1.807, 2.05) is 13.0 Å². The van der Waals surface area contributed by atoms with Crippen molar-refractivity contribution < 1.29 is 18.3 Å². The first-order valence-corrected chi connectivity index (χ1v) is 9.15. The maximum Gasteiger partial charge on any atom is 0.304 e. The number of anilines is 1. The molecule has 2 aromatic carbocycles. The van der Waals surface area contributed by atoms with E-state index in [1.54, 1.807) is 43.3 Å². The molecule has 24 heavy (non-hydrogen) atoms. The average Bonchev–Trinajstić information content (AvgIpc) is 2.86. The lowest BCUT2D eigenvalue weighted by Crippen LogP contribution is -2.30. The van der Waals surface area contributed by atoms with Crippen LogP contribution in [0.25, 0.3) is 0 Å². The summed E-state index contributed by atoms with van der Waals surface area (Å²) in [6, 6.07) is 12.3. The molecule has 5 nitrogen and oxygen atoms in total. The first-order chi connectivity index (χ1) is 11.3. The van der Waals surface area contributed by atoms with Crippen LogP contribution in [0.3, 0.4) is 0 Å². The molecular formula is C18H19NO4S. The van der Waals surface area contributed by atoms with Gasteiger partial charge in [-0.25, -0.2) is 8.42 Å². The number of aliphatic carboxylic acids is 1. The van der Waals surface area contributed by atoms with Crippen LogP contribution in [0.2, 0.25) is 0 Å². The zero-order valence-corrected chi connectivity index (χ0v) is 14.4. The number of sulfonamides is 1. The second kappa shape index (κ2) is 5.94. The summed E-state index contributed by atoms with van der Waals surface area (Å²) in [4.78, 5) is 11.4. The molecular weight excluding hydrogens is 326 g/mol. The Morgan fingerprint density at radius 2 is 1.92 bits per heavy atom. The summed E-state index contributed by atoms with van der Waals surface area (Å²) in [5.41, 5.74) is 3.03. The van der Waals surface area contributed by atoms with E-state index in [9.17, 15) is 13.2 Å². The smallest absolute Gasteiger partial charge is 0.304 e. The lowest BCUT2D eigenvalue weighted by molar-refractivity contribution is -0.137. The molecule has 126 valence electrons. The Morgan fingerprint density at radius 3 is 2.58 bits per heavy atom. The summed E-state index contributed by atoms with van der Waals surface area (Å²) in [5.74, 6) is -1.26. The predicted octanol–water partition coefficient (Wildman–Crippen LogP) is 3.07. The Kier molecular flexibility index (Phi) is 4.09. The third kappa shape index (κ3) is 2.78. The SMILES string of the molecule is Cc1ccc(S(=O)(=O)N2CC(CC(=O)O)c3ccccc32)c(C)c1. The molecule has 0 saturated heterocycles. The van der Waals surface area contributed by atoms with Gasteiger partial charge in [0.2, 0.25) is 0 Å². The van der Waals surface area contributed by atoms with Gasteiger partial charge >= 0.3 is 5.97 Å². The molecule has 0 saturated carbocycles. The van der Waals surface area contributed by atoms with Gasteiger partial charge in [0, 0.05) is 12.5 Å². The van der Waals surface area contributed by atoms with E-state index in [1.165, 1.54) is 4.31 Å². The number of nitrogens with zero attached hydrogens (tertiary/aromatic N) is 1. The van der Waals surface area contributed by atoms with Crippen molar-refractivity contribution in [1.29, 1.82) is 0 Å². The van der Waals surface area contributed by atoms with Crippen molar-refractivity contribution in [2.75, 3.05) is 10.8 Å². The summed E-state index contributed by atoms with van der Waals surface area (Å²) in [5, 5.41) is 9.11. The third-order valence-corrected chi connectivity index (χ3v) is 6.29. The van der Waals surface area contributed by atoms with E-state index in [0.717, 1.165) is 11.1 Å². The molecule has 3 rings (SSSR count). The fourth-order valence-electron chi connectivity index (χ4n) is 3.28. The Hall–Kier alpha value is -2.34. The van der Waals surface area contributed by atoms with Crippen molar-refractivity contribution in [2.24, 2.45) is 0 Å². The number of para-hydroxylation sites is 1. The minimum absolute atomic E-state index is 0.0874. The van der Waals surface area contributed by atoms with Gasteiger partial charge in [0.05, 0.1) is 17.0 Å². The van der Waals surface area contributed by atoms with Crippen LogP contribution in [0.15, 0.2) is 47.4 Å². The number of carboxylic acids is 1. The lowest BCUT2D eigenvalue weighted by atomic mass is 9.98. The van der Waals surface area contributed by atoms with Crippen LogP contribution >= 0.6 is 0 Å². The van der Waals surface area contributed by atoms with E-state index in [2.05, 4.69) is 0 Å². The highest BCUT2D eigenvalue weighted by atomic mass is 32.2. The molecule has 1 unspecified atom stereocenters. The lowest BCUT2D eigenvalue weighted by Gasteiger charge is -2.21. The minimum Gasteiger partial charge on any atom is -0.481 e. The van der Waals surface area contributed by atoms with Gasteiger partial charge in [-0.3, -0.25) is 9.10 Å². The van der Waals surface area contributed by atoms with Crippen LogP contribution in [-0.4, -0.2) is 26.0 Å². The molecule has 0 aliphatic carbocycles. The van der Waals surface area contributed by atoms with Crippen molar-refractivity contribution in [3.63, 3.8) is 0 Å². The fraction of sp³-hybridized carbons (Fsp3) is 0.278. The third-order valence-electron chi connectivity index (χ3n) is 4.35. The number of carbonyl (C=O) groups is 1. The van der Waals surface area contributed by atoms with Crippen molar-refractivity contribution in [3.05, 3.63) is 59.2 Å². The maximum atomic E-state index is 13.1. The molecule has 1 aliphatic heterocycles. The number of rotatable bonds is 4. The van der Waals surface area contributed by atoms with Gasteiger partial charge in [-0.1, -0.05) is 35.9 Å². The molecule has 0 amide bonds. The highest BCUT2D eigenvalue weighted by molar-refractivity contribution is 7.93. The van der Waals surface area contributed by atoms with Crippen molar-refractivity contribution in [2.45, 2.75) is 31.1 Å². The summed E-state index contributed by atoms with van der Waals surface area (Å²) >= 11 is 0. The molecule has 0 spiro atoms. The zero-order chi connectivity index (χ0) is 17.5. The molecule has 1 heterocycles. The van der Waals surface area contributed by atoms with Gasteiger partial charge in [-0.2, -0.15) is 0 Å². The number of hydrogen-bond donors (Lipinski definition) is 1. The summed E-state index contributed by atoms with van der Waals surface area (Å²) < 4.78 is 27.6. The molecule has 2 aromatic rings. The Balaban J connectivity index is 2.07. The van der Waals surface area contributed by atoms with Gasteiger partial charge in [-0.15, -0.1) is 0 Å². The van der Waals surface area contributed by atoms with Crippen LogP contribution in [0.4, 0.5) is 5.69 Å².